The number of carbonyl (C=O) groups excluding carboxylic acids is 1. The Bertz CT molecular complexity index is 1340. The highest BCUT2D eigenvalue weighted by Crippen LogP contribution is 2.30. The summed E-state index contributed by atoms with van der Waals surface area (Å²) in [5.41, 5.74) is 0.867. The summed E-state index contributed by atoms with van der Waals surface area (Å²) in [6, 6.07) is 5.49. The lowest BCUT2D eigenvalue weighted by molar-refractivity contribution is -0.137. The standard InChI is InChI=1S/C28H35F3N8O2/c1-4-21-17-38(24-18(3)34-23(16-33-24)25-35-36-27(41-25)32-5-2)14-15-39(21)22-10-12-37(13-11-22)26(40)19-6-8-20(9-7-19)28(29,30)31/h6-9,16,21-22H,4-5,10-15,17H2,1-3H3,(H,32,36)/t21-/m0/s1. The van der Waals surface area contributed by atoms with Crippen LogP contribution in [0.25, 0.3) is 11.6 Å². The predicted octanol–water partition coefficient (Wildman–Crippen LogP) is 4.49. The van der Waals surface area contributed by atoms with Gasteiger partial charge in [0.25, 0.3) is 11.8 Å². The van der Waals surface area contributed by atoms with Crippen molar-refractivity contribution < 1.29 is 22.4 Å². The number of likely N-dealkylation sites (tertiary alicyclic amines) is 1. The van der Waals surface area contributed by atoms with Crippen LogP contribution in [0.1, 0.15) is 54.7 Å². The van der Waals surface area contributed by atoms with E-state index in [0.29, 0.717) is 49.3 Å². The zero-order valence-electron chi connectivity index (χ0n) is 23.5. The fraction of sp³-hybridized carbons (Fsp3) is 0.536. The molecule has 41 heavy (non-hydrogen) atoms. The maximum Gasteiger partial charge on any atom is 0.416 e. The van der Waals surface area contributed by atoms with Crippen LogP contribution in [0, 0.1) is 6.92 Å². The van der Waals surface area contributed by atoms with E-state index in [1.54, 1.807) is 11.1 Å². The molecule has 2 fully saturated rings. The van der Waals surface area contributed by atoms with E-state index < -0.39 is 11.7 Å². The largest absolute Gasteiger partial charge is 0.416 e. The summed E-state index contributed by atoms with van der Waals surface area (Å²) < 4.78 is 44.2. The molecular formula is C28H35F3N8O2. The third-order valence-electron chi connectivity index (χ3n) is 7.87. The molecule has 1 aromatic carbocycles. The van der Waals surface area contributed by atoms with Gasteiger partial charge >= 0.3 is 12.2 Å². The zero-order chi connectivity index (χ0) is 29.1. The first-order valence-corrected chi connectivity index (χ1v) is 14.1. The van der Waals surface area contributed by atoms with Crippen molar-refractivity contribution in [3.8, 4) is 11.6 Å². The molecule has 4 heterocycles. The van der Waals surface area contributed by atoms with Gasteiger partial charge in [-0.25, -0.2) is 9.97 Å². The van der Waals surface area contributed by atoms with E-state index in [1.807, 2.05) is 13.8 Å². The van der Waals surface area contributed by atoms with Gasteiger partial charge in [0.1, 0.15) is 11.5 Å². The van der Waals surface area contributed by atoms with Gasteiger partial charge in [-0.05, 0) is 57.4 Å². The van der Waals surface area contributed by atoms with Crippen molar-refractivity contribution in [3.05, 3.63) is 47.3 Å². The van der Waals surface area contributed by atoms with Crippen molar-refractivity contribution in [2.75, 3.05) is 49.5 Å². The van der Waals surface area contributed by atoms with Crippen molar-refractivity contribution in [2.24, 2.45) is 0 Å². The van der Waals surface area contributed by atoms with E-state index in [0.717, 1.165) is 62.5 Å². The van der Waals surface area contributed by atoms with Crippen LogP contribution in [-0.2, 0) is 6.18 Å². The summed E-state index contributed by atoms with van der Waals surface area (Å²) in [5, 5.41) is 11.0. The van der Waals surface area contributed by atoms with E-state index >= 15 is 0 Å². The van der Waals surface area contributed by atoms with Gasteiger partial charge in [-0.15, -0.1) is 5.10 Å². The fourth-order valence-electron chi connectivity index (χ4n) is 5.73. The van der Waals surface area contributed by atoms with E-state index in [1.165, 1.54) is 12.1 Å². The number of piperazine rings is 1. The second-order valence-corrected chi connectivity index (χ2v) is 10.5. The summed E-state index contributed by atoms with van der Waals surface area (Å²) in [4.78, 5) is 28.9. The Morgan fingerprint density at radius 1 is 1.07 bits per heavy atom. The molecular weight excluding hydrogens is 537 g/mol. The molecule has 0 bridgehead atoms. The Labute approximate surface area is 237 Å². The van der Waals surface area contributed by atoms with Gasteiger partial charge in [0.2, 0.25) is 0 Å². The van der Waals surface area contributed by atoms with Crippen molar-refractivity contribution in [2.45, 2.75) is 58.3 Å². The summed E-state index contributed by atoms with van der Waals surface area (Å²) >= 11 is 0. The van der Waals surface area contributed by atoms with Crippen molar-refractivity contribution in [3.63, 3.8) is 0 Å². The first-order valence-electron chi connectivity index (χ1n) is 14.1. The van der Waals surface area contributed by atoms with Crippen LogP contribution in [-0.4, -0.2) is 87.2 Å². The lowest BCUT2D eigenvalue weighted by atomic mass is 9.97. The number of carbonyl (C=O) groups is 1. The summed E-state index contributed by atoms with van der Waals surface area (Å²) in [5.74, 6) is 0.947. The minimum atomic E-state index is -4.42. The van der Waals surface area contributed by atoms with E-state index in [9.17, 15) is 18.0 Å². The Morgan fingerprint density at radius 3 is 2.44 bits per heavy atom. The number of nitrogens with zero attached hydrogens (tertiary/aromatic N) is 7. The van der Waals surface area contributed by atoms with Crippen LogP contribution in [0.15, 0.2) is 34.9 Å². The number of piperidine rings is 1. The Balaban J connectivity index is 1.18. The van der Waals surface area contributed by atoms with Gasteiger partial charge in [0.15, 0.2) is 0 Å². The van der Waals surface area contributed by atoms with E-state index in [-0.39, 0.29) is 11.5 Å². The highest BCUT2D eigenvalue weighted by molar-refractivity contribution is 5.94. The van der Waals surface area contributed by atoms with E-state index in [4.69, 9.17) is 9.40 Å². The van der Waals surface area contributed by atoms with Gasteiger partial charge < -0.3 is 19.5 Å². The van der Waals surface area contributed by atoms with Gasteiger partial charge in [-0.2, -0.15) is 13.2 Å². The van der Waals surface area contributed by atoms with Crippen molar-refractivity contribution in [1.82, 2.24) is 30.0 Å². The normalized spacial score (nSPS) is 19.0. The van der Waals surface area contributed by atoms with Crippen molar-refractivity contribution in [1.29, 1.82) is 0 Å². The average Bonchev–Trinajstić information content (AvgIpc) is 3.45. The number of benzene rings is 1. The number of hydrogen-bond acceptors (Lipinski definition) is 9. The fourth-order valence-corrected chi connectivity index (χ4v) is 5.73. The van der Waals surface area contributed by atoms with Crippen LogP contribution in [0.3, 0.4) is 0 Å². The molecule has 2 aromatic heterocycles. The van der Waals surface area contributed by atoms with Crippen LogP contribution >= 0.6 is 0 Å². The summed E-state index contributed by atoms with van der Waals surface area (Å²) in [6.45, 7) is 10.4. The molecule has 0 unspecified atom stereocenters. The minimum absolute atomic E-state index is 0.218. The maximum atomic E-state index is 12.9. The number of nitrogens with one attached hydrogen (secondary N) is 1. The molecule has 5 rings (SSSR count). The Hall–Kier alpha value is -3.74. The lowest BCUT2D eigenvalue weighted by Crippen LogP contribution is -2.58. The summed E-state index contributed by atoms with van der Waals surface area (Å²) in [7, 11) is 0. The molecule has 2 saturated heterocycles. The molecule has 3 aromatic rings. The van der Waals surface area contributed by atoms with Crippen LogP contribution in [0.5, 0.6) is 0 Å². The molecule has 13 heteroatoms. The SMILES string of the molecule is CCNc1nnc(-c2cnc(N3CCN(C4CCN(C(=O)c5ccc(C(F)(F)F)cc5)CC4)[C@@H](CC)C3)c(C)n2)o1. The Morgan fingerprint density at radius 2 is 1.80 bits per heavy atom. The molecule has 2 aliphatic rings. The molecule has 1 atom stereocenters. The highest BCUT2D eigenvalue weighted by atomic mass is 19.4. The van der Waals surface area contributed by atoms with Gasteiger partial charge in [-0.1, -0.05) is 12.0 Å². The average molecular weight is 573 g/mol. The molecule has 10 nitrogen and oxygen atoms in total. The maximum absolute atomic E-state index is 12.9. The first-order chi connectivity index (χ1) is 19.7. The van der Waals surface area contributed by atoms with Crippen LogP contribution < -0.4 is 10.2 Å². The molecule has 0 saturated carbocycles. The van der Waals surface area contributed by atoms with Gasteiger partial charge in [0, 0.05) is 56.9 Å². The smallest absolute Gasteiger partial charge is 0.402 e. The zero-order valence-corrected chi connectivity index (χ0v) is 23.5. The number of rotatable bonds is 7. The third-order valence-corrected chi connectivity index (χ3v) is 7.87. The van der Waals surface area contributed by atoms with Gasteiger partial charge in [-0.3, -0.25) is 9.69 Å². The number of aryl methyl sites for hydroxylation is 1. The molecule has 0 aliphatic carbocycles. The highest BCUT2D eigenvalue weighted by Gasteiger charge is 2.35. The number of halogens is 3. The number of anilines is 2. The number of aromatic nitrogens is 4. The summed E-state index contributed by atoms with van der Waals surface area (Å²) in [6.07, 6.45) is -0.117. The molecule has 0 radical (unpaired) electrons. The molecule has 1 N–H and O–H groups in total. The lowest BCUT2D eigenvalue weighted by Gasteiger charge is -2.47. The monoisotopic (exact) mass is 572 g/mol. The molecule has 1 amide bonds. The molecule has 220 valence electrons. The third kappa shape index (κ3) is 6.29. The predicted molar refractivity (Wildman–Crippen MR) is 148 cm³/mol. The second kappa shape index (κ2) is 12.0. The van der Waals surface area contributed by atoms with E-state index in [2.05, 4.69) is 37.2 Å². The first kappa shape index (κ1) is 28.8. The quantitative estimate of drug-likeness (QED) is 0.439. The van der Waals surface area contributed by atoms with Crippen LogP contribution in [0.2, 0.25) is 0 Å². The Kier molecular flexibility index (Phi) is 8.43. The number of hydrogen-bond donors (Lipinski definition) is 1. The minimum Gasteiger partial charge on any atom is -0.402 e. The molecule has 2 aliphatic heterocycles. The molecule has 0 spiro atoms. The second-order valence-electron chi connectivity index (χ2n) is 10.5. The number of amides is 1. The van der Waals surface area contributed by atoms with Crippen LogP contribution in [0.4, 0.5) is 25.0 Å². The topological polar surface area (TPSA) is 104 Å². The number of alkyl halides is 3. The van der Waals surface area contributed by atoms with Crippen molar-refractivity contribution >= 4 is 17.7 Å². The van der Waals surface area contributed by atoms with Gasteiger partial charge in [0.05, 0.1) is 17.5 Å².